The van der Waals surface area contributed by atoms with Gasteiger partial charge in [-0.15, -0.1) is 0 Å². The second kappa shape index (κ2) is 6.87. The minimum atomic E-state index is -0.403. The fourth-order valence-corrected chi connectivity index (χ4v) is 3.03. The van der Waals surface area contributed by atoms with Crippen molar-refractivity contribution in [3.8, 4) is 5.75 Å². The normalized spacial score (nSPS) is 17.2. The smallest absolute Gasteiger partial charge is 0.316 e. The van der Waals surface area contributed by atoms with Crippen LogP contribution in [0.4, 0.5) is 0 Å². The molecule has 4 heteroatoms. The summed E-state index contributed by atoms with van der Waals surface area (Å²) in [7, 11) is 0. The zero-order valence-electron chi connectivity index (χ0n) is 14.0. The van der Waals surface area contributed by atoms with Gasteiger partial charge in [0.25, 0.3) is 0 Å². The molecule has 124 valence electrons. The Labute approximate surface area is 142 Å². The molecule has 24 heavy (non-hydrogen) atoms. The summed E-state index contributed by atoms with van der Waals surface area (Å²) in [5.74, 6) is -0.115. The van der Waals surface area contributed by atoms with Crippen molar-refractivity contribution < 1.29 is 14.3 Å². The lowest BCUT2D eigenvalue weighted by Crippen LogP contribution is -2.27. The molecule has 2 aromatic rings. The number of hydrogen-bond acceptors (Lipinski definition) is 3. The molecular formula is C20H21NO3. The Morgan fingerprint density at radius 3 is 2.42 bits per heavy atom. The maximum atomic E-state index is 12.5. The van der Waals surface area contributed by atoms with Crippen molar-refractivity contribution >= 4 is 11.9 Å². The van der Waals surface area contributed by atoms with Crippen molar-refractivity contribution in [2.75, 3.05) is 6.54 Å². The van der Waals surface area contributed by atoms with Crippen LogP contribution in [0.15, 0.2) is 48.5 Å². The number of amides is 1. The van der Waals surface area contributed by atoms with E-state index in [4.69, 9.17) is 4.74 Å². The van der Waals surface area contributed by atoms with E-state index < -0.39 is 5.92 Å². The number of esters is 1. The van der Waals surface area contributed by atoms with Crippen LogP contribution in [0, 0.1) is 19.8 Å². The van der Waals surface area contributed by atoms with Crippen molar-refractivity contribution in [1.82, 2.24) is 4.90 Å². The highest BCUT2D eigenvalue weighted by atomic mass is 16.5. The molecule has 0 saturated carbocycles. The van der Waals surface area contributed by atoms with Gasteiger partial charge >= 0.3 is 5.97 Å². The third-order valence-electron chi connectivity index (χ3n) is 4.38. The molecule has 0 aromatic heterocycles. The first-order valence-electron chi connectivity index (χ1n) is 8.14. The highest BCUT2D eigenvalue weighted by Gasteiger charge is 2.35. The molecule has 1 atom stereocenters. The molecule has 2 aromatic carbocycles. The minimum absolute atomic E-state index is 0.00214. The van der Waals surface area contributed by atoms with Crippen LogP contribution in [0.3, 0.4) is 0 Å². The Balaban J connectivity index is 1.66. The minimum Gasteiger partial charge on any atom is -0.426 e. The van der Waals surface area contributed by atoms with E-state index in [1.807, 2.05) is 62.4 Å². The van der Waals surface area contributed by atoms with Crippen LogP contribution in [0.2, 0.25) is 0 Å². The number of hydrogen-bond donors (Lipinski definition) is 0. The van der Waals surface area contributed by atoms with Crippen molar-refractivity contribution in [3.05, 3.63) is 65.2 Å². The number of para-hydroxylation sites is 1. The van der Waals surface area contributed by atoms with Gasteiger partial charge < -0.3 is 9.64 Å². The first kappa shape index (κ1) is 16.2. The van der Waals surface area contributed by atoms with Gasteiger partial charge in [0.15, 0.2) is 0 Å². The fraction of sp³-hybridized carbons (Fsp3) is 0.300. The lowest BCUT2D eigenvalue weighted by atomic mass is 10.1. The molecule has 4 nitrogen and oxygen atoms in total. The summed E-state index contributed by atoms with van der Waals surface area (Å²) in [5, 5.41) is 0. The average molecular weight is 323 g/mol. The number of ether oxygens (including phenoxy) is 1. The van der Waals surface area contributed by atoms with Crippen LogP contribution < -0.4 is 4.74 Å². The predicted molar refractivity (Wildman–Crippen MR) is 91.5 cm³/mol. The molecule has 1 aliphatic heterocycles. The van der Waals surface area contributed by atoms with Gasteiger partial charge in [-0.05, 0) is 30.5 Å². The van der Waals surface area contributed by atoms with Gasteiger partial charge in [0.05, 0.1) is 5.92 Å². The monoisotopic (exact) mass is 323 g/mol. The van der Waals surface area contributed by atoms with Crippen LogP contribution >= 0.6 is 0 Å². The van der Waals surface area contributed by atoms with Crippen LogP contribution in [0.25, 0.3) is 0 Å². The maximum absolute atomic E-state index is 12.5. The second-order valence-electron chi connectivity index (χ2n) is 6.30. The first-order chi connectivity index (χ1) is 11.5. The zero-order valence-corrected chi connectivity index (χ0v) is 14.0. The van der Waals surface area contributed by atoms with Crippen LogP contribution in [0.5, 0.6) is 5.75 Å². The van der Waals surface area contributed by atoms with E-state index in [1.54, 1.807) is 4.90 Å². The topological polar surface area (TPSA) is 46.6 Å². The number of carbonyl (C=O) groups excluding carboxylic acids is 2. The third kappa shape index (κ3) is 3.48. The molecule has 0 spiro atoms. The summed E-state index contributed by atoms with van der Waals surface area (Å²) in [4.78, 5) is 26.4. The van der Waals surface area contributed by atoms with Gasteiger partial charge in [0.2, 0.25) is 5.91 Å². The van der Waals surface area contributed by atoms with Gasteiger partial charge in [0.1, 0.15) is 5.75 Å². The summed E-state index contributed by atoms with van der Waals surface area (Å²) in [6.45, 7) is 4.78. The summed E-state index contributed by atoms with van der Waals surface area (Å²) in [6.07, 6.45) is 0.219. The van der Waals surface area contributed by atoms with Crippen molar-refractivity contribution in [3.63, 3.8) is 0 Å². The van der Waals surface area contributed by atoms with Crippen LogP contribution in [0.1, 0.15) is 23.1 Å². The molecule has 0 unspecified atom stereocenters. The summed E-state index contributed by atoms with van der Waals surface area (Å²) < 4.78 is 5.59. The molecular weight excluding hydrogens is 302 g/mol. The molecule has 1 saturated heterocycles. The van der Waals surface area contributed by atoms with Gasteiger partial charge in [-0.3, -0.25) is 9.59 Å². The molecule has 1 amide bonds. The molecule has 0 radical (unpaired) electrons. The fourth-order valence-electron chi connectivity index (χ4n) is 3.03. The largest absolute Gasteiger partial charge is 0.426 e. The van der Waals surface area contributed by atoms with E-state index in [-0.39, 0.29) is 18.3 Å². The van der Waals surface area contributed by atoms with Crippen LogP contribution in [-0.2, 0) is 16.1 Å². The Bertz CT molecular complexity index is 734. The van der Waals surface area contributed by atoms with Gasteiger partial charge in [-0.25, -0.2) is 0 Å². The average Bonchev–Trinajstić information content (AvgIpc) is 2.93. The Hall–Kier alpha value is -2.62. The highest BCUT2D eigenvalue weighted by Crippen LogP contribution is 2.26. The first-order valence-corrected chi connectivity index (χ1v) is 8.14. The molecule has 0 aliphatic carbocycles. The molecule has 1 fully saturated rings. The van der Waals surface area contributed by atoms with Crippen molar-refractivity contribution in [2.24, 2.45) is 5.92 Å². The van der Waals surface area contributed by atoms with Crippen LogP contribution in [-0.4, -0.2) is 23.3 Å². The molecule has 1 heterocycles. The van der Waals surface area contributed by atoms with Gasteiger partial charge in [0, 0.05) is 19.5 Å². The molecule has 0 bridgehead atoms. The van der Waals surface area contributed by atoms with E-state index in [0.717, 1.165) is 16.7 Å². The molecule has 0 N–H and O–H groups in total. The van der Waals surface area contributed by atoms with Gasteiger partial charge in [-0.2, -0.15) is 0 Å². The summed E-state index contributed by atoms with van der Waals surface area (Å²) in [5.41, 5.74) is 2.91. The molecule has 1 aliphatic rings. The van der Waals surface area contributed by atoms with E-state index in [0.29, 0.717) is 18.8 Å². The number of likely N-dealkylation sites (tertiary alicyclic amines) is 1. The summed E-state index contributed by atoms with van der Waals surface area (Å²) >= 11 is 0. The highest BCUT2D eigenvalue weighted by molar-refractivity contribution is 5.87. The predicted octanol–water partition coefficient (Wildman–Crippen LogP) is 3.26. The Morgan fingerprint density at radius 1 is 1.08 bits per heavy atom. The number of carbonyl (C=O) groups is 2. The quantitative estimate of drug-likeness (QED) is 0.641. The van der Waals surface area contributed by atoms with E-state index in [9.17, 15) is 9.59 Å². The third-order valence-corrected chi connectivity index (χ3v) is 4.38. The standard InChI is InChI=1S/C20H21NO3/c1-14-7-6-8-15(2)19(14)24-20(23)17-11-18(22)21(13-17)12-16-9-4-3-5-10-16/h3-10,17H,11-13H2,1-2H3/t17-/m1/s1. The number of benzene rings is 2. The number of rotatable bonds is 4. The van der Waals surface area contributed by atoms with E-state index in [1.165, 1.54) is 0 Å². The number of aryl methyl sites for hydroxylation is 2. The van der Waals surface area contributed by atoms with E-state index >= 15 is 0 Å². The molecule has 3 rings (SSSR count). The summed E-state index contributed by atoms with van der Waals surface area (Å²) in [6, 6.07) is 15.6. The lowest BCUT2D eigenvalue weighted by molar-refractivity contribution is -0.139. The SMILES string of the molecule is Cc1cccc(C)c1OC(=O)[C@@H]1CC(=O)N(Cc2ccccc2)C1. The van der Waals surface area contributed by atoms with Crippen molar-refractivity contribution in [1.29, 1.82) is 0 Å². The van der Waals surface area contributed by atoms with E-state index in [2.05, 4.69) is 0 Å². The van der Waals surface area contributed by atoms with Gasteiger partial charge in [-0.1, -0.05) is 48.5 Å². The Morgan fingerprint density at radius 2 is 1.75 bits per heavy atom. The second-order valence-corrected chi connectivity index (χ2v) is 6.30. The lowest BCUT2D eigenvalue weighted by Gasteiger charge is -2.17. The van der Waals surface area contributed by atoms with Crippen molar-refractivity contribution in [2.45, 2.75) is 26.8 Å². The zero-order chi connectivity index (χ0) is 17.1. The number of nitrogens with zero attached hydrogens (tertiary/aromatic N) is 1. The maximum Gasteiger partial charge on any atom is 0.316 e. The Kier molecular flexibility index (Phi) is 4.65.